The maximum atomic E-state index is 12.1. The van der Waals surface area contributed by atoms with E-state index in [1.807, 2.05) is 22.6 Å². The van der Waals surface area contributed by atoms with Gasteiger partial charge in [0.2, 0.25) is 11.7 Å². The van der Waals surface area contributed by atoms with Crippen LogP contribution < -0.4 is 10.5 Å². The summed E-state index contributed by atoms with van der Waals surface area (Å²) < 4.78 is 2.81. The van der Waals surface area contributed by atoms with Gasteiger partial charge in [-0.25, -0.2) is 4.40 Å². The van der Waals surface area contributed by atoms with Crippen LogP contribution in [0.25, 0.3) is 16.7 Å². The van der Waals surface area contributed by atoms with Crippen molar-refractivity contribution >= 4 is 38.6 Å². The number of rotatable bonds is 1. The molecule has 0 saturated carbocycles. The predicted molar refractivity (Wildman–Crippen MR) is 80.3 cm³/mol. The van der Waals surface area contributed by atoms with Gasteiger partial charge in [0, 0.05) is 17.6 Å². The van der Waals surface area contributed by atoms with Crippen LogP contribution in [0.15, 0.2) is 27.5 Å². The molecule has 3 aromatic rings. The van der Waals surface area contributed by atoms with Gasteiger partial charge >= 0.3 is 0 Å². The minimum Gasteiger partial charge on any atom is -0.341 e. The molecule has 0 spiro atoms. The normalized spacial score (nSPS) is 15.6. The molecule has 1 fully saturated rings. The van der Waals surface area contributed by atoms with Crippen molar-refractivity contribution in [3.05, 3.63) is 33.0 Å². The average molecular weight is 334 g/mol. The molecular weight excluding hydrogens is 322 g/mol. The van der Waals surface area contributed by atoms with Crippen molar-refractivity contribution in [2.24, 2.45) is 0 Å². The lowest BCUT2D eigenvalue weighted by Gasteiger charge is -2.15. The Morgan fingerprint density at radius 2 is 2.00 bits per heavy atom. The molecule has 20 heavy (non-hydrogen) atoms. The summed E-state index contributed by atoms with van der Waals surface area (Å²) in [6.45, 7) is 1.97. The van der Waals surface area contributed by atoms with Gasteiger partial charge in [0.1, 0.15) is 0 Å². The molecule has 1 aromatic carbocycles. The van der Waals surface area contributed by atoms with Crippen LogP contribution in [0.4, 0.5) is 5.95 Å². The van der Waals surface area contributed by atoms with E-state index in [4.69, 9.17) is 0 Å². The maximum absolute atomic E-state index is 12.1. The molecule has 1 aliphatic rings. The van der Waals surface area contributed by atoms with Gasteiger partial charge < -0.3 is 4.90 Å². The molecule has 3 heterocycles. The summed E-state index contributed by atoms with van der Waals surface area (Å²) in [6, 6.07) is 5.67. The summed E-state index contributed by atoms with van der Waals surface area (Å²) in [5.74, 6) is 1.30. The number of aromatic nitrogens is 4. The van der Waals surface area contributed by atoms with Crippen LogP contribution in [0.1, 0.15) is 12.8 Å². The number of aromatic amines is 1. The number of H-pyrrole nitrogens is 1. The van der Waals surface area contributed by atoms with E-state index in [1.165, 1.54) is 12.8 Å². The van der Waals surface area contributed by atoms with Crippen molar-refractivity contribution in [2.75, 3.05) is 18.0 Å². The Hall–Kier alpha value is -1.89. The van der Waals surface area contributed by atoms with E-state index >= 15 is 0 Å². The molecular formula is C13H12BrN5O. The molecule has 102 valence electrons. The quantitative estimate of drug-likeness (QED) is 0.739. The lowest BCUT2D eigenvalue weighted by Crippen LogP contribution is -2.21. The SMILES string of the molecule is O=c1[nH]c2nnc(N3CCCC3)n2c2ccc(Br)cc12. The number of hydrogen-bond acceptors (Lipinski definition) is 4. The fourth-order valence-corrected chi connectivity index (χ4v) is 3.12. The Labute approximate surface area is 122 Å². The van der Waals surface area contributed by atoms with Crippen molar-refractivity contribution in [2.45, 2.75) is 12.8 Å². The lowest BCUT2D eigenvalue weighted by atomic mass is 10.2. The second-order valence-corrected chi connectivity index (χ2v) is 5.88. The minimum atomic E-state index is -0.144. The Morgan fingerprint density at radius 3 is 2.80 bits per heavy atom. The van der Waals surface area contributed by atoms with Crippen LogP contribution in [0.5, 0.6) is 0 Å². The van der Waals surface area contributed by atoms with Gasteiger partial charge in [0.05, 0.1) is 10.9 Å². The van der Waals surface area contributed by atoms with Gasteiger partial charge in [-0.05, 0) is 31.0 Å². The van der Waals surface area contributed by atoms with Crippen LogP contribution in [0.3, 0.4) is 0 Å². The zero-order valence-electron chi connectivity index (χ0n) is 10.6. The monoisotopic (exact) mass is 333 g/mol. The molecule has 0 unspecified atom stereocenters. The van der Waals surface area contributed by atoms with E-state index < -0.39 is 0 Å². The van der Waals surface area contributed by atoms with Gasteiger partial charge in [-0.1, -0.05) is 15.9 Å². The molecule has 7 heteroatoms. The molecule has 1 saturated heterocycles. The first kappa shape index (κ1) is 11.9. The van der Waals surface area contributed by atoms with E-state index in [0.717, 1.165) is 29.0 Å². The van der Waals surface area contributed by atoms with E-state index in [2.05, 4.69) is 36.0 Å². The second kappa shape index (κ2) is 4.31. The molecule has 2 aromatic heterocycles. The predicted octanol–water partition coefficient (Wildman–Crippen LogP) is 1.93. The molecule has 1 aliphatic heterocycles. The molecule has 0 atom stereocenters. The molecule has 0 radical (unpaired) electrons. The summed E-state index contributed by atoms with van der Waals surface area (Å²) in [4.78, 5) is 17.1. The fourth-order valence-electron chi connectivity index (χ4n) is 2.75. The fraction of sp³-hybridized carbons (Fsp3) is 0.308. The smallest absolute Gasteiger partial charge is 0.260 e. The van der Waals surface area contributed by atoms with Crippen molar-refractivity contribution in [1.29, 1.82) is 0 Å². The summed E-state index contributed by atoms with van der Waals surface area (Å²) in [5.41, 5.74) is 0.688. The first-order chi connectivity index (χ1) is 9.74. The summed E-state index contributed by atoms with van der Waals surface area (Å²) in [7, 11) is 0. The molecule has 0 amide bonds. The number of benzene rings is 1. The first-order valence-electron chi connectivity index (χ1n) is 6.56. The minimum absolute atomic E-state index is 0.144. The third kappa shape index (κ3) is 1.66. The van der Waals surface area contributed by atoms with Crippen LogP contribution in [-0.4, -0.2) is 32.7 Å². The number of nitrogens with one attached hydrogen (secondary N) is 1. The zero-order chi connectivity index (χ0) is 13.7. The van der Waals surface area contributed by atoms with Crippen LogP contribution >= 0.6 is 15.9 Å². The van der Waals surface area contributed by atoms with Crippen LogP contribution in [0, 0.1) is 0 Å². The van der Waals surface area contributed by atoms with Crippen molar-refractivity contribution in [3.8, 4) is 0 Å². The molecule has 0 aliphatic carbocycles. The van der Waals surface area contributed by atoms with Gasteiger partial charge in [-0.15, -0.1) is 10.2 Å². The molecule has 4 rings (SSSR count). The highest BCUT2D eigenvalue weighted by Crippen LogP contribution is 2.23. The molecule has 1 N–H and O–H groups in total. The van der Waals surface area contributed by atoms with E-state index in [0.29, 0.717) is 11.2 Å². The number of anilines is 1. The number of hydrogen-bond donors (Lipinski definition) is 1. The third-order valence-electron chi connectivity index (χ3n) is 3.70. The maximum Gasteiger partial charge on any atom is 0.260 e. The second-order valence-electron chi connectivity index (χ2n) is 4.97. The summed E-state index contributed by atoms with van der Waals surface area (Å²) in [5, 5.41) is 8.98. The third-order valence-corrected chi connectivity index (χ3v) is 4.20. The highest BCUT2D eigenvalue weighted by atomic mass is 79.9. The van der Waals surface area contributed by atoms with Gasteiger partial charge in [0.25, 0.3) is 5.56 Å². The summed E-state index contributed by atoms with van der Waals surface area (Å²) >= 11 is 3.40. The van der Waals surface area contributed by atoms with Crippen LogP contribution in [0.2, 0.25) is 0 Å². The van der Waals surface area contributed by atoms with Crippen molar-refractivity contribution in [3.63, 3.8) is 0 Å². The average Bonchev–Trinajstić information content (AvgIpc) is 3.07. The Bertz CT molecular complexity index is 862. The number of halogens is 1. The first-order valence-corrected chi connectivity index (χ1v) is 7.35. The highest BCUT2D eigenvalue weighted by Gasteiger charge is 2.20. The zero-order valence-corrected chi connectivity index (χ0v) is 12.2. The van der Waals surface area contributed by atoms with E-state index in [1.54, 1.807) is 0 Å². The molecule has 0 bridgehead atoms. The Kier molecular flexibility index (Phi) is 2.56. The largest absolute Gasteiger partial charge is 0.341 e. The van der Waals surface area contributed by atoms with E-state index in [9.17, 15) is 4.79 Å². The lowest BCUT2D eigenvalue weighted by molar-refractivity contribution is 0.890. The van der Waals surface area contributed by atoms with Gasteiger partial charge in [-0.3, -0.25) is 9.78 Å². The number of nitrogens with zero attached hydrogens (tertiary/aromatic N) is 4. The Balaban J connectivity index is 2.10. The number of fused-ring (bicyclic) bond motifs is 3. The summed E-state index contributed by atoms with van der Waals surface area (Å²) in [6.07, 6.45) is 2.34. The van der Waals surface area contributed by atoms with Crippen LogP contribution in [-0.2, 0) is 0 Å². The highest BCUT2D eigenvalue weighted by molar-refractivity contribution is 9.10. The Morgan fingerprint density at radius 1 is 1.20 bits per heavy atom. The standard InChI is InChI=1S/C13H12BrN5O/c14-8-3-4-10-9(7-8)11(20)15-12-16-17-13(19(10)12)18-5-1-2-6-18/h3-4,7H,1-2,5-6H2,(H,15,16,20). The molecule has 6 nitrogen and oxygen atoms in total. The van der Waals surface area contributed by atoms with Crippen molar-refractivity contribution < 1.29 is 0 Å². The van der Waals surface area contributed by atoms with Crippen molar-refractivity contribution in [1.82, 2.24) is 19.6 Å². The van der Waals surface area contributed by atoms with Gasteiger partial charge in [0.15, 0.2) is 0 Å². The topological polar surface area (TPSA) is 66.3 Å². The van der Waals surface area contributed by atoms with E-state index in [-0.39, 0.29) is 5.56 Å². The van der Waals surface area contributed by atoms with Gasteiger partial charge in [-0.2, -0.15) is 0 Å².